The van der Waals surface area contributed by atoms with Gasteiger partial charge in [0.2, 0.25) is 5.13 Å². The van der Waals surface area contributed by atoms with Crippen molar-refractivity contribution in [3.05, 3.63) is 5.82 Å². The molecule has 0 radical (unpaired) electrons. The molecular formula is C12H20N4O2S. The van der Waals surface area contributed by atoms with Crippen LogP contribution < -0.4 is 5.32 Å². The summed E-state index contributed by atoms with van der Waals surface area (Å²) in [6.07, 6.45) is 1.86. The summed E-state index contributed by atoms with van der Waals surface area (Å²) in [5.74, 6) is 0.775. The van der Waals surface area contributed by atoms with E-state index in [2.05, 4.69) is 14.7 Å². The van der Waals surface area contributed by atoms with Crippen molar-refractivity contribution >= 4 is 22.7 Å². The Labute approximate surface area is 117 Å². The van der Waals surface area contributed by atoms with Crippen LogP contribution in [-0.4, -0.2) is 44.1 Å². The van der Waals surface area contributed by atoms with E-state index < -0.39 is 5.60 Å². The highest BCUT2D eigenvalue weighted by atomic mass is 32.1. The van der Waals surface area contributed by atoms with Gasteiger partial charge in [-0.15, -0.1) is 0 Å². The van der Waals surface area contributed by atoms with Gasteiger partial charge in [0, 0.05) is 30.5 Å². The molecule has 1 saturated heterocycles. The number of hydrogen-bond acceptors (Lipinski definition) is 5. The lowest BCUT2D eigenvalue weighted by atomic mass is 9.84. The number of piperidine rings is 1. The highest BCUT2D eigenvalue weighted by Crippen LogP contribution is 2.27. The molecule has 1 aromatic heterocycles. The van der Waals surface area contributed by atoms with Gasteiger partial charge in [0.25, 0.3) is 0 Å². The van der Waals surface area contributed by atoms with Gasteiger partial charge in [-0.25, -0.2) is 9.78 Å². The number of carbonyl (C=O) groups excluding carboxylic acids is 1. The minimum absolute atomic E-state index is 0.114. The van der Waals surface area contributed by atoms with Crippen LogP contribution in [0.3, 0.4) is 0 Å². The molecular weight excluding hydrogens is 264 g/mol. The molecule has 1 fully saturated rings. The fourth-order valence-corrected chi connectivity index (χ4v) is 2.82. The third kappa shape index (κ3) is 3.63. The number of carbonyl (C=O) groups is 1. The number of aliphatic hydroxyl groups is 1. The molecule has 2 amide bonds. The van der Waals surface area contributed by atoms with Crippen LogP contribution in [0.5, 0.6) is 0 Å². The average molecular weight is 284 g/mol. The molecule has 106 valence electrons. The average Bonchev–Trinajstić information content (AvgIpc) is 2.74. The molecule has 0 spiro atoms. The number of nitrogens with zero attached hydrogens (tertiary/aromatic N) is 3. The topological polar surface area (TPSA) is 78.4 Å². The van der Waals surface area contributed by atoms with Crippen LogP contribution in [0.2, 0.25) is 0 Å². The molecule has 7 heteroatoms. The number of hydrogen-bond donors (Lipinski definition) is 2. The Kier molecular flexibility index (Phi) is 4.05. The standard InChI is InChI=1S/C12H20N4O2S/c1-8-13-10(19-15-8)14-11(17)16-6-4-5-9(7-16)12(2,3)18/h9,18H,4-7H2,1-3H3,(H,13,14,15,17)/t9-/m0/s1. The van der Waals surface area contributed by atoms with Crippen LogP contribution in [0.4, 0.5) is 9.93 Å². The van der Waals surface area contributed by atoms with Crippen molar-refractivity contribution in [1.29, 1.82) is 0 Å². The summed E-state index contributed by atoms with van der Waals surface area (Å²) in [6, 6.07) is -0.162. The van der Waals surface area contributed by atoms with Gasteiger partial charge >= 0.3 is 6.03 Å². The Morgan fingerprint density at radius 1 is 1.58 bits per heavy atom. The summed E-state index contributed by atoms with van der Waals surface area (Å²) in [4.78, 5) is 18.0. The zero-order chi connectivity index (χ0) is 14.0. The molecule has 0 aliphatic carbocycles. The first-order valence-electron chi connectivity index (χ1n) is 6.45. The van der Waals surface area contributed by atoms with Gasteiger partial charge in [0.1, 0.15) is 5.82 Å². The second-order valence-electron chi connectivity index (χ2n) is 5.52. The predicted octanol–water partition coefficient (Wildman–Crippen LogP) is 1.86. The predicted molar refractivity (Wildman–Crippen MR) is 74.3 cm³/mol. The van der Waals surface area contributed by atoms with Crippen LogP contribution in [-0.2, 0) is 0 Å². The molecule has 1 atom stereocenters. The van der Waals surface area contributed by atoms with Crippen LogP contribution in [0.25, 0.3) is 0 Å². The number of aromatic nitrogens is 2. The van der Waals surface area contributed by atoms with Crippen LogP contribution in [0, 0.1) is 12.8 Å². The maximum Gasteiger partial charge on any atom is 0.323 e. The molecule has 6 nitrogen and oxygen atoms in total. The van der Waals surface area contributed by atoms with Crippen LogP contribution >= 0.6 is 11.5 Å². The first-order chi connectivity index (χ1) is 8.86. The monoisotopic (exact) mass is 284 g/mol. The third-order valence-corrected chi connectivity index (χ3v) is 4.17. The van der Waals surface area contributed by atoms with Crippen molar-refractivity contribution in [2.24, 2.45) is 5.92 Å². The largest absolute Gasteiger partial charge is 0.390 e. The van der Waals surface area contributed by atoms with Crippen molar-refractivity contribution in [3.8, 4) is 0 Å². The number of amides is 2. The van der Waals surface area contributed by atoms with Crippen molar-refractivity contribution in [3.63, 3.8) is 0 Å². The summed E-state index contributed by atoms with van der Waals surface area (Å²) >= 11 is 1.18. The highest BCUT2D eigenvalue weighted by Gasteiger charge is 2.33. The number of aryl methyl sites for hydroxylation is 1. The fraction of sp³-hybridized carbons (Fsp3) is 0.750. The summed E-state index contributed by atoms with van der Waals surface area (Å²) in [7, 11) is 0. The van der Waals surface area contributed by atoms with Crippen LogP contribution in [0.1, 0.15) is 32.5 Å². The third-order valence-electron chi connectivity index (χ3n) is 3.45. The molecule has 19 heavy (non-hydrogen) atoms. The van der Waals surface area contributed by atoms with E-state index in [1.165, 1.54) is 11.5 Å². The molecule has 1 aliphatic heterocycles. The van der Waals surface area contributed by atoms with Crippen LogP contribution in [0.15, 0.2) is 0 Å². The van der Waals surface area contributed by atoms with Gasteiger partial charge in [-0.05, 0) is 33.6 Å². The summed E-state index contributed by atoms with van der Waals surface area (Å²) in [6.45, 7) is 6.68. The SMILES string of the molecule is Cc1nsc(NC(=O)N2CCC[C@H](C(C)(C)O)C2)n1. The molecule has 0 saturated carbocycles. The quantitative estimate of drug-likeness (QED) is 0.869. The molecule has 1 aliphatic rings. The maximum atomic E-state index is 12.1. The Hall–Kier alpha value is -1.21. The van der Waals surface area contributed by atoms with E-state index in [9.17, 15) is 9.90 Å². The Balaban J connectivity index is 1.95. The van der Waals surface area contributed by atoms with Gasteiger partial charge in [-0.1, -0.05) is 0 Å². The maximum absolute atomic E-state index is 12.1. The molecule has 0 bridgehead atoms. The van der Waals surface area contributed by atoms with Gasteiger partial charge in [-0.3, -0.25) is 5.32 Å². The molecule has 0 unspecified atom stereocenters. The highest BCUT2D eigenvalue weighted by molar-refractivity contribution is 7.09. The second kappa shape index (κ2) is 5.42. The normalized spacial score (nSPS) is 20.4. The molecule has 1 aromatic rings. The van der Waals surface area contributed by atoms with Gasteiger partial charge < -0.3 is 10.0 Å². The minimum atomic E-state index is -0.752. The second-order valence-corrected chi connectivity index (χ2v) is 6.27. The Morgan fingerprint density at radius 3 is 2.89 bits per heavy atom. The number of urea groups is 1. The fourth-order valence-electron chi connectivity index (χ4n) is 2.26. The number of anilines is 1. The zero-order valence-corrected chi connectivity index (χ0v) is 12.3. The number of rotatable bonds is 2. The molecule has 0 aromatic carbocycles. The smallest absolute Gasteiger partial charge is 0.323 e. The van der Waals surface area contributed by atoms with E-state index in [-0.39, 0.29) is 11.9 Å². The van der Waals surface area contributed by atoms with Crippen molar-refractivity contribution < 1.29 is 9.90 Å². The minimum Gasteiger partial charge on any atom is -0.390 e. The van der Waals surface area contributed by atoms with E-state index in [4.69, 9.17) is 0 Å². The Morgan fingerprint density at radius 2 is 2.32 bits per heavy atom. The van der Waals surface area contributed by atoms with Gasteiger partial charge in [0.05, 0.1) is 5.60 Å². The van der Waals surface area contributed by atoms with E-state index >= 15 is 0 Å². The lowest BCUT2D eigenvalue weighted by Gasteiger charge is -2.38. The van der Waals surface area contributed by atoms with Gasteiger partial charge in [0.15, 0.2) is 0 Å². The molecule has 2 N–H and O–H groups in total. The summed E-state index contributed by atoms with van der Waals surface area (Å²) in [5, 5.41) is 13.3. The van der Waals surface area contributed by atoms with E-state index in [1.54, 1.807) is 25.7 Å². The van der Waals surface area contributed by atoms with Crippen molar-refractivity contribution in [2.75, 3.05) is 18.4 Å². The van der Waals surface area contributed by atoms with E-state index in [0.29, 0.717) is 17.5 Å². The number of nitrogens with one attached hydrogen (secondary N) is 1. The lowest BCUT2D eigenvalue weighted by molar-refractivity contribution is -0.00973. The van der Waals surface area contributed by atoms with Gasteiger partial charge in [-0.2, -0.15) is 4.37 Å². The van der Waals surface area contributed by atoms with Crippen molar-refractivity contribution in [2.45, 2.75) is 39.2 Å². The molecule has 2 rings (SSSR count). The zero-order valence-electron chi connectivity index (χ0n) is 11.5. The summed E-state index contributed by atoms with van der Waals surface area (Å²) in [5.41, 5.74) is -0.752. The summed E-state index contributed by atoms with van der Waals surface area (Å²) < 4.78 is 4.03. The first kappa shape index (κ1) is 14.2. The first-order valence-corrected chi connectivity index (χ1v) is 7.22. The lowest BCUT2D eigenvalue weighted by Crippen LogP contribution is -2.48. The number of likely N-dealkylation sites (tertiary alicyclic amines) is 1. The van der Waals surface area contributed by atoms with Crippen molar-refractivity contribution in [1.82, 2.24) is 14.3 Å². The van der Waals surface area contributed by atoms with E-state index in [1.807, 2.05) is 0 Å². The Bertz CT molecular complexity index is 455. The molecule has 2 heterocycles. The van der Waals surface area contributed by atoms with E-state index in [0.717, 1.165) is 19.4 Å².